The maximum absolute atomic E-state index is 12.8. The average Bonchev–Trinajstić information content (AvgIpc) is 2.65. The lowest BCUT2D eigenvalue weighted by molar-refractivity contribution is 0.0669. The molecule has 5 nitrogen and oxygen atoms in total. The lowest BCUT2D eigenvalue weighted by Gasteiger charge is -2.36. The Hall–Kier alpha value is -1.95. The van der Waals surface area contributed by atoms with E-state index in [-0.39, 0.29) is 11.9 Å². The van der Waals surface area contributed by atoms with Crippen LogP contribution in [0.4, 0.5) is 10.5 Å². The van der Waals surface area contributed by atoms with Crippen LogP contribution >= 0.6 is 34.8 Å². The summed E-state index contributed by atoms with van der Waals surface area (Å²) in [6.07, 6.45) is 0. The van der Waals surface area contributed by atoms with E-state index in [0.29, 0.717) is 52.5 Å². The minimum absolute atomic E-state index is 0.0837. The number of anilines is 1. The summed E-state index contributed by atoms with van der Waals surface area (Å²) in [6, 6.07) is 11.7. The molecule has 0 aromatic heterocycles. The number of urea groups is 1. The number of piperazine rings is 1. The maximum Gasteiger partial charge on any atom is 0.324 e. The van der Waals surface area contributed by atoms with Crippen molar-refractivity contribution >= 4 is 52.4 Å². The number of nitrogens with zero attached hydrogens (tertiary/aromatic N) is 3. The minimum atomic E-state index is -0.164. The van der Waals surface area contributed by atoms with Crippen molar-refractivity contribution in [3.63, 3.8) is 0 Å². The highest BCUT2D eigenvalue weighted by Gasteiger charge is 2.27. The summed E-state index contributed by atoms with van der Waals surface area (Å²) >= 11 is 18.0. The second-order valence-electron chi connectivity index (χ2n) is 6.26. The van der Waals surface area contributed by atoms with E-state index in [1.165, 1.54) is 4.90 Å². The second kappa shape index (κ2) is 8.38. The Morgan fingerprint density at radius 2 is 1.44 bits per heavy atom. The van der Waals surface area contributed by atoms with Gasteiger partial charge in [0.2, 0.25) is 0 Å². The van der Waals surface area contributed by atoms with Crippen LogP contribution in [0.2, 0.25) is 15.1 Å². The fourth-order valence-electron chi connectivity index (χ4n) is 2.96. The van der Waals surface area contributed by atoms with Gasteiger partial charge in [-0.3, -0.25) is 9.69 Å². The van der Waals surface area contributed by atoms with Crippen molar-refractivity contribution < 1.29 is 9.59 Å². The molecule has 0 atom stereocenters. The van der Waals surface area contributed by atoms with Crippen LogP contribution in [-0.4, -0.2) is 55.0 Å². The standard InChI is InChI=1S/C19H18Cl3N3O2/c1-23(17-11-15(21)10-16(22)12-17)19(27)25-7-5-24(6-8-25)18(26)13-3-2-4-14(20)9-13/h2-4,9-12H,5-8H2,1H3. The molecule has 0 saturated carbocycles. The molecule has 0 radical (unpaired) electrons. The van der Waals surface area contributed by atoms with Gasteiger partial charge in [0.05, 0.1) is 0 Å². The van der Waals surface area contributed by atoms with Gasteiger partial charge in [-0.25, -0.2) is 4.79 Å². The Kier molecular flexibility index (Phi) is 6.15. The number of hydrogen-bond acceptors (Lipinski definition) is 2. The summed E-state index contributed by atoms with van der Waals surface area (Å²) in [6.45, 7) is 1.82. The van der Waals surface area contributed by atoms with Gasteiger partial charge in [-0.2, -0.15) is 0 Å². The SMILES string of the molecule is CN(C(=O)N1CCN(C(=O)c2cccc(Cl)c2)CC1)c1cc(Cl)cc(Cl)c1. The van der Waals surface area contributed by atoms with E-state index in [0.717, 1.165) is 0 Å². The molecule has 0 bridgehead atoms. The maximum atomic E-state index is 12.8. The summed E-state index contributed by atoms with van der Waals surface area (Å²) < 4.78 is 0. The number of carbonyl (C=O) groups is 2. The van der Waals surface area contributed by atoms with Crippen LogP contribution in [0.25, 0.3) is 0 Å². The van der Waals surface area contributed by atoms with Gasteiger partial charge in [0, 0.05) is 59.5 Å². The molecule has 8 heteroatoms. The minimum Gasteiger partial charge on any atom is -0.335 e. The first-order valence-corrected chi connectivity index (χ1v) is 9.52. The van der Waals surface area contributed by atoms with Gasteiger partial charge >= 0.3 is 6.03 Å². The monoisotopic (exact) mass is 425 g/mol. The van der Waals surface area contributed by atoms with Crippen LogP contribution < -0.4 is 4.90 Å². The second-order valence-corrected chi connectivity index (χ2v) is 7.57. The highest BCUT2D eigenvalue weighted by atomic mass is 35.5. The predicted molar refractivity (Wildman–Crippen MR) is 109 cm³/mol. The first-order chi connectivity index (χ1) is 12.8. The molecule has 1 aliphatic heterocycles. The van der Waals surface area contributed by atoms with Crippen LogP contribution in [-0.2, 0) is 0 Å². The fraction of sp³-hybridized carbons (Fsp3) is 0.263. The molecular weight excluding hydrogens is 409 g/mol. The quantitative estimate of drug-likeness (QED) is 0.701. The third-order valence-electron chi connectivity index (χ3n) is 4.43. The fourth-order valence-corrected chi connectivity index (χ4v) is 3.67. The Bertz CT molecular complexity index is 847. The number of halogens is 3. The van der Waals surface area contributed by atoms with Crippen LogP contribution in [0.5, 0.6) is 0 Å². The van der Waals surface area contributed by atoms with E-state index >= 15 is 0 Å². The highest BCUT2D eigenvalue weighted by Crippen LogP contribution is 2.25. The van der Waals surface area contributed by atoms with Gasteiger partial charge in [-0.05, 0) is 36.4 Å². The van der Waals surface area contributed by atoms with E-state index in [2.05, 4.69) is 0 Å². The molecule has 3 rings (SSSR count). The molecule has 0 unspecified atom stereocenters. The van der Waals surface area contributed by atoms with Gasteiger partial charge in [-0.1, -0.05) is 40.9 Å². The number of carbonyl (C=O) groups excluding carboxylic acids is 2. The molecule has 0 spiro atoms. The number of benzene rings is 2. The Labute approximate surface area is 173 Å². The first-order valence-electron chi connectivity index (χ1n) is 8.39. The number of amides is 3. The van der Waals surface area contributed by atoms with Crippen LogP contribution in [0.1, 0.15) is 10.4 Å². The molecule has 0 aliphatic carbocycles. The van der Waals surface area contributed by atoms with Crippen molar-refractivity contribution in [3.8, 4) is 0 Å². The lowest BCUT2D eigenvalue weighted by atomic mass is 10.2. The summed E-state index contributed by atoms with van der Waals surface area (Å²) in [4.78, 5) is 30.3. The van der Waals surface area contributed by atoms with Gasteiger partial charge < -0.3 is 9.80 Å². The van der Waals surface area contributed by atoms with Crippen molar-refractivity contribution in [2.75, 3.05) is 38.1 Å². The normalized spacial score (nSPS) is 14.2. The molecule has 27 heavy (non-hydrogen) atoms. The molecule has 1 saturated heterocycles. The van der Waals surface area contributed by atoms with Gasteiger partial charge in [0.15, 0.2) is 0 Å². The van der Waals surface area contributed by atoms with Crippen molar-refractivity contribution in [1.82, 2.24) is 9.80 Å². The zero-order valence-corrected chi connectivity index (χ0v) is 16.9. The zero-order chi connectivity index (χ0) is 19.6. The molecule has 2 aromatic carbocycles. The summed E-state index contributed by atoms with van der Waals surface area (Å²) in [7, 11) is 1.67. The van der Waals surface area contributed by atoms with Gasteiger partial charge in [0.1, 0.15) is 0 Å². The van der Waals surface area contributed by atoms with Gasteiger partial charge in [0.25, 0.3) is 5.91 Å². The number of hydrogen-bond donors (Lipinski definition) is 0. The first kappa shape index (κ1) is 19.8. The van der Waals surface area contributed by atoms with Crippen molar-refractivity contribution in [2.45, 2.75) is 0 Å². The van der Waals surface area contributed by atoms with Crippen molar-refractivity contribution in [2.24, 2.45) is 0 Å². The average molecular weight is 427 g/mol. The summed E-state index contributed by atoms with van der Waals surface area (Å²) in [5.74, 6) is -0.0837. The Morgan fingerprint density at radius 1 is 0.852 bits per heavy atom. The van der Waals surface area contributed by atoms with Crippen LogP contribution in [0.3, 0.4) is 0 Å². The molecule has 1 fully saturated rings. The summed E-state index contributed by atoms with van der Waals surface area (Å²) in [5, 5.41) is 1.46. The molecular formula is C19H18Cl3N3O2. The third-order valence-corrected chi connectivity index (χ3v) is 5.10. The Morgan fingerprint density at radius 3 is 2.04 bits per heavy atom. The van der Waals surface area contributed by atoms with E-state index in [4.69, 9.17) is 34.8 Å². The van der Waals surface area contributed by atoms with Gasteiger partial charge in [-0.15, -0.1) is 0 Å². The van der Waals surface area contributed by atoms with Crippen molar-refractivity contribution in [1.29, 1.82) is 0 Å². The Balaban J connectivity index is 1.63. The smallest absolute Gasteiger partial charge is 0.324 e. The molecule has 0 N–H and O–H groups in total. The zero-order valence-electron chi connectivity index (χ0n) is 14.7. The van der Waals surface area contributed by atoms with E-state index < -0.39 is 0 Å². The van der Waals surface area contributed by atoms with Crippen molar-refractivity contribution in [3.05, 3.63) is 63.1 Å². The van der Waals surface area contributed by atoms with Crippen LogP contribution in [0, 0.1) is 0 Å². The van der Waals surface area contributed by atoms with Crippen LogP contribution in [0.15, 0.2) is 42.5 Å². The molecule has 142 valence electrons. The molecule has 1 aliphatic rings. The van der Waals surface area contributed by atoms with E-state index in [1.54, 1.807) is 59.3 Å². The highest BCUT2D eigenvalue weighted by molar-refractivity contribution is 6.35. The third kappa shape index (κ3) is 4.67. The lowest BCUT2D eigenvalue weighted by Crippen LogP contribution is -2.53. The topological polar surface area (TPSA) is 43.9 Å². The largest absolute Gasteiger partial charge is 0.335 e. The molecule has 2 aromatic rings. The molecule has 1 heterocycles. The van der Waals surface area contributed by atoms with E-state index in [9.17, 15) is 9.59 Å². The number of rotatable bonds is 2. The molecule has 3 amide bonds. The summed E-state index contributed by atoms with van der Waals surface area (Å²) in [5.41, 5.74) is 1.17. The predicted octanol–water partition coefficient (Wildman–Crippen LogP) is 4.66. The van der Waals surface area contributed by atoms with E-state index in [1.807, 2.05) is 0 Å².